The standard InChI is InChI=1S/C13H13F3N2O3/c1-7-12(20)18(8(2)11(19)17-7)9-3-5-10(6-4-9)21-13(14,15)16/h3-8H,1-2H3,(H,17,19). The van der Waals surface area contributed by atoms with Crippen LogP contribution in [-0.2, 0) is 9.59 Å². The van der Waals surface area contributed by atoms with Gasteiger partial charge in [0.15, 0.2) is 0 Å². The van der Waals surface area contributed by atoms with Crippen LogP contribution in [0, 0.1) is 0 Å². The van der Waals surface area contributed by atoms with E-state index in [9.17, 15) is 22.8 Å². The van der Waals surface area contributed by atoms with Gasteiger partial charge in [-0.05, 0) is 38.1 Å². The van der Waals surface area contributed by atoms with Crippen molar-refractivity contribution < 1.29 is 27.5 Å². The molecule has 0 spiro atoms. The molecule has 21 heavy (non-hydrogen) atoms. The third kappa shape index (κ3) is 3.26. The molecule has 1 aliphatic rings. The smallest absolute Gasteiger partial charge is 0.406 e. The Morgan fingerprint density at radius 2 is 1.71 bits per heavy atom. The van der Waals surface area contributed by atoms with Gasteiger partial charge < -0.3 is 10.1 Å². The number of hydrogen-bond acceptors (Lipinski definition) is 3. The molecule has 1 heterocycles. The molecule has 1 aromatic rings. The molecule has 2 amide bonds. The van der Waals surface area contributed by atoms with Gasteiger partial charge in [0.1, 0.15) is 17.8 Å². The number of halogens is 3. The average molecular weight is 302 g/mol. The van der Waals surface area contributed by atoms with E-state index in [-0.39, 0.29) is 17.6 Å². The summed E-state index contributed by atoms with van der Waals surface area (Å²) in [5, 5.41) is 2.52. The second kappa shape index (κ2) is 5.27. The first-order valence-corrected chi connectivity index (χ1v) is 6.18. The predicted molar refractivity (Wildman–Crippen MR) is 67.7 cm³/mol. The Morgan fingerprint density at radius 3 is 2.24 bits per heavy atom. The van der Waals surface area contributed by atoms with E-state index >= 15 is 0 Å². The van der Waals surface area contributed by atoms with Crippen LogP contribution in [-0.4, -0.2) is 30.3 Å². The maximum absolute atomic E-state index is 12.1. The van der Waals surface area contributed by atoms with E-state index in [1.807, 2.05) is 0 Å². The number of benzene rings is 1. The molecule has 2 atom stereocenters. The maximum Gasteiger partial charge on any atom is 0.573 e. The van der Waals surface area contributed by atoms with E-state index in [2.05, 4.69) is 10.1 Å². The molecule has 2 rings (SSSR count). The molecule has 0 aromatic heterocycles. The van der Waals surface area contributed by atoms with Crippen LogP contribution in [0.5, 0.6) is 5.75 Å². The molecular formula is C13H13F3N2O3. The van der Waals surface area contributed by atoms with Gasteiger partial charge in [0.25, 0.3) is 0 Å². The fraction of sp³-hybridized carbons (Fsp3) is 0.385. The van der Waals surface area contributed by atoms with Crippen LogP contribution in [0.3, 0.4) is 0 Å². The molecule has 2 unspecified atom stereocenters. The Hall–Kier alpha value is -2.25. The minimum atomic E-state index is -4.77. The van der Waals surface area contributed by atoms with Crippen LogP contribution in [0.2, 0.25) is 0 Å². The third-order valence-corrected chi connectivity index (χ3v) is 3.08. The van der Waals surface area contributed by atoms with Crippen molar-refractivity contribution in [1.29, 1.82) is 0 Å². The molecule has 1 aliphatic heterocycles. The van der Waals surface area contributed by atoms with Crippen LogP contribution in [0.1, 0.15) is 13.8 Å². The maximum atomic E-state index is 12.1. The fourth-order valence-corrected chi connectivity index (χ4v) is 2.07. The van der Waals surface area contributed by atoms with Gasteiger partial charge in [0.05, 0.1) is 0 Å². The zero-order valence-electron chi connectivity index (χ0n) is 11.3. The van der Waals surface area contributed by atoms with Gasteiger partial charge >= 0.3 is 6.36 Å². The van der Waals surface area contributed by atoms with Gasteiger partial charge in [-0.2, -0.15) is 0 Å². The number of anilines is 1. The first-order chi connectivity index (χ1) is 9.69. The lowest BCUT2D eigenvalue weighted by atomic mass is 10.1. The van der Waals surface area contributed by atoms with Crippen LogP contribution in [0.4, 0.5) is 18.9 Å². The van der Waals surface area contributed by atoms with E-state index < -0.39 is 18.4 Å². The van der Waals surface area contributed by atoms with Gasteiger partial charge in [-0.3, -0.25) is 14.5 Å². The number of ether oxygens (including phenoxy) is 1. The molecule has 1 fully saturated rings. The molecule has 1 aromatic carbocycles. The Kier molecular flexibility index (Phi) is 3.80. The summed E-state index contributed by atoms with van der Waals surface area (Å²) in [6, 6.07) is 3.39. The molecule has 8 heteroatoms. The van der Waals surface area contributed by atoms with E-state index in [1.165, 1.54) is 17.0 Å². The minimum absolute atomic E-state index is 0.322. The summed E-state index contributed by atoms with van der Waals surface area (Å²) in [5.41, 5.74) is 0.337. The monoisotopic (exact) mass is 302 g/mol. The third-order valence-electron chi connectivity index (χ3n) is 3.08. The molecule has 1 N–H and O–H groups in total. The number of carbonyl (C=O) groups excluding carboxylic acids is 2. The van der Waals surface area contributed by atoms with E-state index in [1.54, 1.807) is 13.8 Å². The Bertz CT molecular complexity index is 557. The molecule has 0 aliphatic carbocycles. The number of rotatable bonds is 2. The molecular weight excluding hydrogens is 289 g/mol. The molecule has 0 bridgehead atoms. The number of nitrogens with zero attached hydrogens (tertiary/aromatic N) is 1. The Balaban J connectivity index is 2.24. The summed E-state index contributed by atoms with van der Waals surface area (Å²) in [5.74, 6) is -1.04. The number of nitrogens with one attached hydrogen (secondary N) is 1. The van der Waals surface area contributed by atoms with Crippen LogP contribution < -0.4 is 15.0 Å². The van der Waals surface area contributed by atoms with Crippen molar-refractivity contribution >= 4 is 17.5 Å². The average Bonchev–Trinajstić information content (AvgIpc) is 2.37. The van der Waals surface area contributed by atoms with E-state index in [0.29, 0.717) is 5.69 Å². The van der Waals surface area contributed by atoms with Crippen molar-refractivity contribution in [2.75, 3.05) is 4.90 Å². The molecule has 0 radical (unpaired) electrons. The SMILES string of the molecule is CC1NC(=O)C(C)N(c2ccc(OC(F)(F)F)cc2)C1=O. The molecule has 1 saturated heterocycles. The van der Waals surface area contributed by atoms with Crippen LogP contribution in [0.25, 0.3) is 0 Å². The first-order valence-electron chi connectivity index (χ1n) is 6.18. The largest absolute Gasteiger partial charge is 0.573 e. The van der Waals surface area contributed by atoms with Gasteiger partial charge in [-0.15, -0.1) is 13.2 Å². The van der Waals surface area contributed by atoms with E-state index in [4.69, 9.17) is 0 Å². The van der Waals surface area contributed by atoms with Crippen molar-refractivity contribution in [3.05, 3.63) is 24.3 Å². The second-order valence-corrected chi connectivity index (χ2v) is 4.66. The van der Waals surface area contributed by atoms with Crippen molar-refractivity contribution in [2.45, 2.75) is 32.3 Å². The van der Waals surface area contributed by atoms with Crippen molar-refractivity contribution in [3.8, 4) is 5.75 Å². The number of amides is 2. The minimum Gasteiger partial charge on any atom is -0.406 e. The number of hydrogen-bond donors (Lipinski definition) is 1. The molecule has 0 saturated carbocycles. The first kappa shape index (κ1) is 15.1. The number of alkyl halides is 3. The van der Waals surface area contributed by atoms with Crippen LogP contribution >= 0.6 is 0 Å². The topological polar surface area (TPSA) is 58.6 Å². The lowest BCUT2D eigenvalue weighted by molar-refractivity contribution is -0.274. The zero-order chi connectivity index (χ0) is 15.8. The van der Waals surface area contributed by atoms with Gasteiger partial charge in [0, 0.05) is 5.69 Å². The number of piperazine rings is 1. The Morgan fingerprint density at radius 1 is 1.14 bits per heavy atom. The highest BCUT2D eigenvalue weighted by atomic mass is 19.4. The van der Waals surface area contributed by atoms with Crippen molar-refractivity contribution in [1.82, 2.24) is 5.32 Å². The normalized spacial score (nSPS) is 23.0. The predicted octanol–water partition coefficient (Wildman–Crippen LogP) is 1.82. The fourth-order valence-electron chi connectivity index (χ4n) is 2.07. The van der Waals surface area contributed by atoms with Gasteiger partial charge in [-0.1, -0.05) is 0 Å². The molecule has 114 valence electrons. The second-order valence-electron chi connectivity index (χ2n) is 4.66. The highest BCUT2D eigenvalue weighted by Gasteiger charge is 2.37. The molecule has 5 nitrogen and oxygen atoms in total. The Labute approximate surface area is 118 Å². The zero-order valence-corrected chi connectivity index (χ0v) is 11.3. The van der Waals surface area contributed by atoms with Crippen molar-refractivity contribution in [2.24, 2.45) is 0 Å². The van der Waals surface area contributed by atoms with Gasteiger partial charge in [-0.25, -0.2) is 0 Å². The van der Waals surface area contributed by atoms with Crippen molar-refractivity contribution in [3.63, 3.8) is 0 Å². The summed E-state index contributed by atoms with van der Waals surface area (Å²) < 4.78 is 40.0. The number of carbonyl (C=O) groups is 2. The quantitative estimate of drug-likeness (QED) is 0.906. The summed E-state index contributed by atoms with van der Waals surface area (Å²) in [6.07, 6.45) is -4.77. The summed E-state index contributed by atoms with van der Waals surface area (Å²) in [7, 11) is 0. The van der Waals surface area contributed by atoms with E-state index in [0.717, 1.165) is 12.1 Å². The lowest BCUT2D eigenvalue weighted by Crippen LogP contribution is -2.61. The summed E-state index contributed by atoms with van der Waals surface area (Å²) in [6.45, 7) is 3.08. The highest BCUT2D eigenvalue weighted by Crippen LogP contribution is 2.27. The highest BCUT2D eigenvalue weighted by molar-refractivity contribution is 6.08. The summed E-state index contributed by atoms with van der Waals surface area (Å²) in [4.78, 5) is 25.1. The van der Waals surface area contributed by atoms with Gasteiger partial charge in [0.2, 0.25) is 11.8 Å². The lowest BCUT2D eigenvalue weighted by Gasteiger charge is -2.36. The van der Waals surface area contributed by atoms with Crippen LogP contribution in [0.15, 0.2) is 24.3 Å². The summed E-state index contributed by atoms with van der Waals surface area (Å²) >= 11 is 0.